The number of benzene rings is 2. The van der Waals surface area contributed by atoms with Gasteiger partial charge in [0.2, 0.25) is 0 Å². The zero-order chi connectivity index (χ0) is 22.6. The molecule has 1 amide bonds. The van der Waals surface area contributed by atoms with Crippen molar-refractivity contribution in [3.63, 3.8) is 0 Å². The largest absolute Gasteiger partial charge is 0.351 e. The Morgan fingerprint density at radius 1 is 1.12 bits per heavy atom. The summed E-state index contributed by atoms with van der Waals surface area (Å²) in [5.41, 5.74) is 5.33. The number of aliphatic imine (C=N–C) groups is 1. The second-order valence-corrected chi connectivity index (χ2v) is 8.95. The fourth-order valence-electron chi connectivity index (χ4n) is 4.80. The lowest BCUT2D eigenvalue weighted by atomic mass is 9.94. The molecule has 1 N–H and O–H groups in total. The highest BCUT2D eigenvalue weighted by molar-refractivity contribution is 6.13. The molecule has 0 unspecified atom stereocenters. The predicted molar refractivity (Wildman–Crippen MR) is 129 cm³/mol. The zero-order valence-corrected chi connectivity index (χ0v) is 19.1. The van der Waals surface area contributed by atoms with Gasteiger partial charge in [-0.25, -0.2) is 4.68 Å². The first-order valence-corrected chi connectivity index (χ1v) is 11.8. The fraction of sp³-hybridized carbons (Fsp3) is 0.385. The van der Waals surface area contributed by atoms with Gasteiger partial charge in [0.05, 0.1) is 24.1 Å². The van der Waals surface area contributed by atoms with E-state index in [4.69, 9.17) is 0 Å². The molecule has 0 atom stereocenters. The van der Waals surface area contributed by atoms with Crippen LogP contribution in [0.4, 0.5) is 0 Å². The van der Waals surface area contributed by atoms with Crippen LogP contribution in [0.25, 0.3) is 5.69 Å². The molecule has 1 fully saturated rings. The highest BCUT2D eigenvalue weighted by Gasteiger charge is 2.20. The number of hydrogen-bond acceptors (Lipinski definition) is 5. The van der Waals surface area contributed by atoms with E-state index in [1.807, 2.05) is 42.6 Å². The van der Waals surface area contributed by atoms with Gasteiger partial charge in [0.25, 0.3) is 5.91 Å². The highest BCUT2D eigenvalue weighted by Crippen LogP contribution is 2.23. The number of rotatable bonds is 7. The molecule has 0 radical (unpaired) electrons. The van der Waals surface area contributed by atoms with Crippen molar-refractivity contribution in [1.82, 2.24) is 25.2 Å². The molecule has 0 bridgehead atoms. The summed E-state index contributed by atoms with van der Waals surface area (Å²) in [5.74, 6) is -0.0664. The number of fused-ring (bicyclic) bond motifs is 1. The van der Waals surface area contributed by atoms with Gasteiger partial charge in [-0.05, 0) is 43.7 Å². The number of likely N-dealkylation sites (N-methyl/N-ethyl adjacent to an activating group) is 1. The summed E-state index contributed by atoms with van der Waals surface area (Å²) in [7, 11) is 2.16. The molecule has 7 heteroatoms. The van der Waals surface area contributed by atoms with Crippen LogP contribution in [0.3, 0.4) is 0 Å². The van der Waals surface area contributed by atoms with E-state index in [1.54, 1.807) is 4.68 Å². The average molecular weight is 443 g/mol. The lowest BCUT2D eigenvalue weighted by Crippen LogP contribution is -2.39. The van der Waals surface area contributed by atoms with E-state index in [0.717, 1.165) is 29.2 Å². The van der Waals surface area contributed by atoms with E-state index in [1.165, 1.54) is 37.7 Å². The molecule has 1 aliphatic heterocycles. The molecule has 33 heavy (non-hydrogen) atoms. The minimum Gasteiger partial charge on any atom is -0.351 e. The van der Waals surface area contributed by atoms with Gasteiger partial charge in [-0.15, -0.1) is 5.10 Å². The number of nitrogens with one attached hydrogen (secondary N) is 1. The molecule has 2 aromatic carbocycles. The maximum absolute atomic E-state index is 12.7. The molecule has 1 saturated carbocycles. The van der Waals surface area contributed by atoms with E-state index in [0.29, 0.717) is 24.7 Å². The monoisotopic (exact) mass is 442 g/mol. The molecule has 7 nitrogen and oxygen atoms in total. The van der Waals surface area contributed by atoms with Gasteiger partial charge in [-0.2, -0.15) is 0 Å². The van der Waals surface area contributed by atoms with Crippen LogP contribution < -0.4 is 5.32 Å². The average Bonchev–Trinajstić information content (AvgIpc) is 3.52. The molecule has 0 saturated heterocycles. The molecular formula is C26H30N6O. The van der Waals surface area contributed by atoms with E-state index in [9.17, 15) is 4.79 Å². The Labute approximate surface area is 194 Å². The molecular weight excluding hydrogens is 412 g/mol. The minimum atomic E-state index is -0.0664. The van der Waals surface area contributed by atoms with Crippen molar-refractivity contribution in [1.29, 1.82) is 0 Å². The van der Waals surface area contributed by atoms with Gasteiger partial charge >= 0.3 is 0 Å². The molecule has 1 aromatic heterocycles. The second-order valence-electron chi connectivity index (χ2n) is 8.95. The first kappa shape index (κ1) is 21.5. The van der Waals surface area contributed by atoms with Gasteiger partial charge in [0, 0.05) is 30.3 Å². The number of nitrogens with zero attached hydrogens (tertiary/aromatic N) is 5. The van der Waals surface area contributed by atoms with Crippen molar-refractivity contribution in [2.24, 2.45) is 4.99 Å². The Hall–Kier alpha value is -3.32. The molecule has 2 heterocycles. The molecule has 3 aromatic rings. The molecule has 1 aliphatic carbocycles. The summed E-state index contributed by atoms with van der Waals surface area (Å²) in [6.07, 6.45) is 8.40. The van der Waals surface area contributed by atoms with Crippen LogP contribution in [0.15, 0.2) is 59.7 Å². The Morgan fingerprint density at radius 3 is 2.85 bits per heavy atom. The molecule has 2 aliphatic rings. The molecule has 5 rings (SSSR count). The van der Waals surface area contributed by atoms with Gasteiger partial charge in [-0.3, -0.25) is 9.79 Å². The van der Waals surface area contributed by atoms with Gasteiger partial charge in [0.15, 0.2) is 0 Å². The maximum atomic E-state index is 12.7. The van der Waals surface area contributed by atoms with Crippen molar-refractivity contribution < 1.29 is 4.79 Å². The predicted octanol–water partition coefficient (Wildman–Crippen LogP) is 3.61. The minimum absolute atomic E-state index is 0.0664. The van der Waals surface area contributed by atoms with Crippen molar-refractivity contribution in [2.75, 3.05) is 20.1 Å². The lowest BCUT2D eigenvalue weighted by molar-refractivity contribution is 0.0944. The Balaban J connectivity index is 1.22. The van der Waals surface area contributed by atoms with Crippen molar-refractivity contribution in [3.8, 4) is 5.69 Å². The zero-order valence-electron chi connectivity index (χ0n) is 19.1. The smallest absolute Gasteiger partial charge is 0.251 e. The molecule has 170 valence electrons. The summed E-state index contributed by atoms with van der Waals surface area (Å²) in [5, 5.41) is 11.7. The van der Waals surface area contributed by atoms with Crippen molar-refractivity contribution >= 4 is 11.6 Å². The Bertz CT molecular complexity index is 1160. The SMILES string of the molecule is CN(CCNC(=O)c1cccc(-n2cc(C3=NCc4ccccc43)nn2)c1)C1CCCCC1. The van der Waals surface area contributed by atoms with Gasteiger partial charge < -0.3 is 10.2 Å². The second kappa shape index (κ2) is 9.67. The van der Waals surface area contributed by atoms with Crippen molar-refractivity contribution in [2.45, 2.75) is 44.7 Å². The normalized spacial score (nSPS) is 16.0. The number of hydrogen-bond donors (Lipinski definition) is 1. The number of carbonyl (C=O) groups excluding carboxylic acids is 1. The van der Waals surface area contributed by atoms with E-state index in [2.05, 4.69) is 44.7 Å². The van der Waals surface area contributed by atoms with E-state index >= 15 is 0 Å². The summed E-state index contributed by atoms with van der Waals surface area (Å²) in [6, 6.07) is 16.3. The van der Waals surface area contributed by atoms with Crippen LogP contribution in [0, 0.1) is 0 Å². The van der Waals surface area contributed by atoms with Crippen LogP contribution in [0.5, 0.6) is 0 Å². The quantitative estimate of drug-likeness (QED) is 0.607. The highest BCUT2D eigenvalue weighted by atomic mass is 16.1. The van der Waals surface area contributed by atoms with Crippen molar-refractivity contribution in [3.05, 3.63) is 77.1 Å². The summed E-state index contributed by atoms with van der Waals surface area (Å²) in [6.45, 7) is 2.18. The maximum Gasteiger partial charge on any atom is 0.251 e. The van der Waals surface area contributed by atoms with Crippen LogP contribution in [0.1, 0.15) is 59.3 Å². The van der Waals surface area contributed by atoms with E-state index < -0.39 is 0 Å². The standard InChI is InChI=1S/C26H30N6O/c1-31(21-10-3-2-4-11-21)15-14-27-26(33)19-9-7-12-22(16-19)32-18-24(29-30-32)25-23-13-6-5-8-20(23)17-28-25/h5-9,12-13,16,18,21H,2-4,10-11,14-15,17H2,1H3,(H,27,33). The summed E-state index contributed by atoms with van der Waals surface area (Å²) >= 11 is 0. The Kier molecular flexibility index (Phi) is 6.30. The third-order valence-corrected chi connectivity index (χ3v) is 6.74. The first-order valence-electron chi connectivity index (χ1n) is 11.8. The molecule has 0 spiro atoms. The number of aromatic nitrogens is 3. The topological polar surface area (TPSA) is 75.4 Å². The number of carbonyl (C=O) groups is 1. The van der Waals surface area contributed by atoms with E-state index in [-0.39, 0.29) is 5.91 Å². The van der Waals surface area contributed by atoms with Crippen LogP contribution >= 0.6 is 0 Å². The van der Waals surface area contributed by atoms with Crippen LogP contribution in [0.2, 0.25) is 0 Å². The number of amides is 1. The lowest BCUT2D eigenvalue weighted by Gasteiger charge is -2.31. The van der Waals surface area contributed by atoms with Crippen LogP contribution in [-0.2, 0) is 6.54 Å². The summed E-state index contributed by atoms with van der Waals surface area (Å²) < 4.78 is 1.70. The Morgan fingerprint density at radius 2 is 1.97 bits per heavy atom. The third kappa shape index (κ3) is 4.73. The summed E-state index contributed by atoms with van der Waals surface area (Å²) in [4.78, 5) is 19.8. The van der Waals surface area contributed by atoms with Gasteiger partial charge in [0.1, 0.15) is 5.69 Å². The first-order chi connectivity index (χ1) is 16.2. The fourth-order valence-corrected chi connectivity index (χ4v) is 4.80. The van der Waals surface area contributed by atoms with Crippen LogP contribution in [-0.4, -0.2) is 57.7 Å². The third-order valence-electron chi connectivity index (χ3n) is 6.74. The van der Waals surface area contributed by atoms with Gasteiger partial charge in [-0.1, -0.05) is 54.8 Å².